The summed E-state index contributed by atoms with van der Waals surface area (Å²) in [6, 6.07) is 14.8. The average Bonchev–Trinajstić information content (AvgIpc) is 2.50. The van der Waals surface area contributed by atoms with Crippen LogP contribution in [0.1, 0.15) is 23.1 Å². The van der Waals surface area contributed by atoms with Crippen LogP contribution in [0.25, 0.3) is 0 Å². The highest BCUT2D eigenvalue weighted by Gasteiger charge is 2.33. The second kappa shape index (κ2) is 5.82. The van der Waals surface area contributed by atoms with Crippen LogP contribution in [-0.2, 0) is 12.8 Å². The second-order valence-electron chi connectivity index (χ2n) is 6.02. The zero-order valence-electron chi connectivity index (χ0n) is 12.2. The van der Waals surface area contributed by atoms with E-state index < -0.39 is 0 Å². The van der Waals surface area contributed by atoms with E-state index in [2.05, 4.69) is 70.6 Å². The van der Waals surface area contributed by atoms with Gasteiger partial charge in [0.05, 0.1) is 12.1 Å². The molecule has 2 aromatic carbocycles. The normalized spacial score (nSPS) is 20.9. The zero-order chi connectivity index (χ0) is 14.9. The first-order valence-electron chi connectivity index (χ1n) is 7.33. The predicted molar refractivity (Wildman–Crippen MR) is 90.8 cm³/mol. The van der Waals surface area contributed by atoms with E-state index in [0.717, 1.165) is 29.4 Å². The van der Waals surface area contributed by atoms with Crippen LogP contribution in [0.4, 0.5) is 5.69 Å². The fourth-order valence-electron chi connectivity index (χ4n) is 3.05. The Labute approximate surface area is 134 Å². The summed E-state index contributed by atoms with van der Waals surface area (Å²) in [5.74, 6) is 0. The highest BCUT2D eigenvalue weighted by molar-refractivity contribution is 9.10. The van der Waals surface area contributed by atoms with Gasteiger partial charge in [-0.3, -0.25) is 0 Å². The number of hydrogen-bond acceptors (Lipinski definition) is 2. The van der Waals surface area contributed by atoms with E-state index in [0.29, 0.717) is 0 Å². The van der Waals surface area contributed by atoms with Crippen molar-refractivity contribution < 1.29 is 5.11 Å². The molecule has 1 aliphatic carbocycles. The lowest BCUT2D eigenvalue weighted by Gasteiger charge is -2.38. The summed E-state index contributed by atoms with van der Waals surface area (Å²) >= 11 is 3.53. The quantitative estimate of drug-likeness (QED) is 0.877. The van der Waals surface area contributed by atoms with E-state index in [1.54, 1.807) is 0 Å². The molecular formula is C18H20BrNO. The second-order valence-corrected chi connectivity index (χ2v) is 6.93. The van der Waals surface area contributed by atoms with Gasteiger partial charge in [-0.2, -0.15) is 0 Å². The number of aryl methyl sites for hydroxylation is 2. The lowest BCUT2D eigenvalue weighted by molar-refractivity contribution is 0.196. The van der Waals surface area contributed by atoms with Crippen molar-refractivity contribution in [2.24, 2.45) is 0 Å². The molecule has 1 atom stereocenters. The minimum Gasteiger partial charge on any atom is -0.394 e. The highest BCUT2D eigenvalue weighted by atomic mass is 79.9. The van der Waals surface area contributed by atoms with E-state index in [4.69, 9.17) is 0 Å². The molecule has 3 heteroatoms. The van der Waals surface area contributed by atoms with Crippen molar-refractivity contribution in [1.82, 2.24) is 0 Å². The largest absolute Gasteiger partial charge is 0.394 e. The Hall–Kier alpha value is -1.32. The van der Waals surface area contributed by atoms with Crippen LogP contribution in [0.2, 0.25) is 0 Å². The SMILES string of the molecule is Cc1ccc(NC2(CO)CCc3cc(Br)ccc3C2)cc1. The molecule has 0 heterocycles. The summed E-state index contributed by atoms with van der Waals surface area (Å²) in [5.41, 5.74) is 4.79. The van der Waals surface area contributed by atoms with Gasteiger partial charge in [-0.15, -0.1) is 0 Å². The maximum atomic E-state index is 9.97. The summed E-state index contributed by atoms with van der Waals surface area (Å²) in [6.45, 7) is 2.23. The Morgan fingerprint density at radius 1 is 1.14 bits per heavy atom. The van der Waals surface area contributed by atoms with E-state index in [1.165, 1.54) is 16.7 Å². The van der Waals surface area contributed by atoms with Gasteiger partial charge in [0, 0.05) is 10.2 Å². The van der Waals surface area contributed by atoms with Crippen LogP contribution in [0.3, 0.4) is 0 Å². The molecule has 21 heavy (non-hydrogen) atoms. The molecule has 0 aliphatic heterocycles. The third-order valence-corrected chi connectivity index (χ3v) is 4.83. The van der Waals surface area contributed by atoms with E-state index >= 15 is 0 Å². The maximum absolute atomic E-state index is 9.97. The van der Waals surface area contributed by atoms with Crippen molar-refractivity contribution in [3.05, 3.63) is 63.6 Å². The predicted octanol–water partition coefficient (Wildman–Crippen LogP) is 4.09. The summed E-state index contributed by atoms with van der Waals surface area (Å²) in [4.78, 5) is 0. The number of halogens is 1. The maximum Gasteiger partial charge on any atom is 0.0664 e. The number of benzene rings is 2. The number of aliphatic hydroxyl groups excluding tert-OH is 1. The van der Waals surface area contributed by atoms with Crippen LogP contribution in [0.15, 0.2) is 46.9 Å². The molecule has 0 amide bonds. The molecular weight excluding hydrogens is 326 g/mol. The number of rotatable bonds is 3. The monoisotopic (exact) mass is 345 g/mol. The minimum atomic E-state index is -0.254. The summed E-state index contributed by atoms with van der Waals surface area (Å²) in [6.07, 6.45) is 2.80. The average molecular weight is 346 g/mol. The molecule has 0 radical (unpaired) electrons. The Morgan fingerprint density at radius 3 is 2.62 bits per heavy atom. The fraction of sp³-hybridized carbons (Fsp3) is 0.333. The first-order chi connectivity index (χ1) is 10.1. The molecule has 0 saturated heterocycles. The van der Waals surface area contributed by atoms with Gasteiger partial charge in [-0.1, -0.05) is 39.7 Å². The van der Waals surface area contributed by atoms with Crippen molar-refractivity contribution in [2.45, 2.75) is 31.7 Å². The van der Waals surface area contributed by atoms with Crippen LogP contribution in [-0.4, -0.2) is 17.3 Å². The molecule has 2 aromatic rings. The molecule has 0 saturated carbocycles. The number of anilines is 1. The smallest absolute Gasteiger partial charge is 0.0664 e. The van der Waals surface area contributed by atoms with Crippen LogP contribution < -0.4 is 5.32 Å². The van der Waals surface area contributed by atoms with Gasteiger partial charge in [-0.25, -0.2) is 0 Å². The first kappa shape index (κ1) is 14.6. The lowest BCUT2D eigenvalue weighted by atomic mass is 9.78. The molecule has 0 fully saturated rings. The number of aliphatic hydroxyl groups is 1. The Morgan fingerprint density at radius 2 is 1.90 bits per heavy atom. The zero-order valence-corrected chi connectivity index (χ0v) is 13.8. The van der Waals surface area contributed by atoms with Gasteiger partial charge in [0.25, 0.3) is 0 Å². The highest BCUT2D eigenvalue weighted by Crippen LogP contribution is 2.33. The molecule has 110 valence electrons. The molecule has 0 bridgehead atoms. The minimum absolute atomic E-state index is 0.149. The Kier molecular flexibility index (Phi) is 4.05. The topological polar surface area (TPSA) is 32.3 Å². The third kappa shape index (κ3) is 3.14. The van der Waals surface area contributed by atoms with Crippen molar-refractivity contribution in [3.63, 3.8) is 0 Å². The van der Waals surface area contributed by atoms with Gasteiger partial charge >= 0.3 is 0 Å². The van der Waals surface area contributed by atoms with Gasteiger partial charge in [0.15, 0.2) is 0 Å². The van der Waals surface area contributed by atoms with Crippen LogP contribution >= 0.6 is 15.9 Å². The van der Waals surface area contributed by atoms with Crippen molar-refractivity contribution in [1.29, 1.82) is 0 Å². The van der Waals surface area contributed by atoms with Gasteiger partial charge in [0.1, 0.15) is 0 Å². The molecule has 0 spiro atoms. The summed E-state index contributed by atoms with van der Waals surface area (Å²) < 4.78 is 1.13. The standard InChI is InChI=1S/C18H20BrNO/c1-13-2-6-17(7-3-13)20-18(12-21)9-8-14-10-16(19)5-4-15(14)11-18/h2-7,10,20-21H,8-9,11-12H2,1H3. The van der Waals surface area contributed by atoms with Crippen LogP contribution in [0, 0.1) is 6.92 Å². The van der Waals surface area contributed by atoms with E-state index in [1.807, 2.05) is 0 Å². The van der Waals surface area contributed by atoms with Gasteiger partial charge in [-0.05, 0) is 61.6 Å². The van der Waals surface area contributed by atoms with Crippen molar-refractivity contribution in [2.75, 3.05) is 11.9 Å². The molecule has 0 aromatic heterocycles. The molecule has 2 nitrogen and oxygen atoms in total. The lowest BCUT2D eigenvalue weighted by Crippen LogP contribution is -2.47. The molecule has 3 rings (SSSR count). The van der Waals surface area contributed by atoms with E-state index in [-0.39, 0.29) is 12.1 Å². The summed E-state index contributed by atoms with van der Waals surface area (Å²) in [5, 5.41) is 13.5. The summed E-state index contributed by atoms with van der Waals surface area (Å²) in [7, 11) is 0. The van der Waals surface area contributed by atoms with Crippen molar-refractivity contribution >= 4 is 21.6 Å². The number of hydrogen-bond donors (Lipinski definition) is 2. The molecule has 1 aliphatic rings. The van der Waals surface area contributed by atoms with Crippen LogP contribution in [0.5, 0.6) is 0 Å². The Bertz CT molecular complexity index is 638. The number of nitrogens with one attached hydrogen (secondary N) is 1. The number of fused-ring (bicyclic) bond motifs is 1. The Balaban J connectivity index is 1.85. The van der Waals surface area contributed by atoms with Gasteiger partial charge < -0.3 is 10.4 Å². The fourth-order valence-corrected chi connectivity index (χ4v) is 3.46. The molecule has 1 unspecified atom stereocenters. The third-order valence-electron chi connectivity index (χ3n) is 4.33. The molecule has 2 N–H and O–H groups in total. The van der Waals surface area contributed by atoms with E-state index in [9.17, 15) is 5.11 Å². The van der Waals surface area contributed by atoms with Crippen molar-refractivity contribution in [3.8, 4) is 0 Å². The van der Waals surface area contributed by atoms with Gasteiger partial charge in [0.2, 0.25) is 0 Å². The first-order valence-corrected chi connectivity index (χ1v) is 8.13.